The van der Waals surface area contributed by atoms with Crippen LogP contribution in [0.5, 0.6) is 0 Å². The lowest BCUT2D eigenvalue weighted by atomic mass is 9.89. The van der Waals surface area contributed by atoms with Gasteiger partial charge in [0.05, 0.1) is 18.3 Å². The van der Waals surface area contributed by atoms with E-state index >= 15 is 0 Å². The number of pyridine rings is 1. The summed E-state index contributed by atoms with van der Waals surface area (Å²) in [5, 5.41) is 2.62. The maximum absolute atomic E-state index is 12.7. The van der Waals surface area contributed by atoms with E-state index in [1.165, 1.54) is 12.3 Å². The van der Waals surface area contributed by atoms with E-state index in [4.69, 9.17) is 5.73 Å². The highest BCUT2D eigenvalue weighted by Gasteiger charge is 2.28. The van der Waals surface area contributed by atoms with Crippen LogP contribution >= 0.6 is 0 Å². The smallest absolute Gasteiger partial charge is 0.369 e. The van der Waals surface area contributed by atoms with Crippen LogP contribution in [0, 0.1) is 5.92 Å². The predicted octanol–water partition coefficient (Wildman–Crippen LogP) is 3.48. The van der Waals surface area contributed by atoms with E-state index < -0.39 is 18.5 Å². The molecule has 6 nitrogen and oxygen atoms in total. The Morgan fingerprint density at radius 3 is 2.71 bits per heavy atom. The molecule has 2 amide bonds. The van der Waals surface area contributed by atoms with Crippen molar-refractivity contribution in [2.45, 2.75) is 38.9 Å². The number of benzene rings is 1. The number of anilines is 1. The Hall–Kier alpha value is -2.94. The van der Waals surface area contributed by atoms with Crippen LogP contribution in [0.4, 0.5) is 18.9 Å². The molecule has 0 fully saturated rings. The molecule has 9 heteroatoms. The van der Waals surface area contributed by atoms with Gasteiger partial charge < -0.3 is 11.1 Å². The fraction of sp³-hybridized carbons (Fsp3) is 0.409. The molecule has 1 aromatic carbocycles. The minimum Gasteiger partial charge on any atom is -0.369 e. The molecule has 0 spiro atoms. The molecule has 166 valence electrons. The molecule has 1 aliphatic rings. The van der Waals surface area contributed by atoms with Crippen molar-refractivity contribution >= 4 is 17.5 Å². The summed E-state index contributed by atoms with van der Waals surface area (Å²) in [5.41, 5.74) is 8.07. The fourth-order valence-corrected chi connectivity index (χ4v) is 3.86. The molecular formula is C22H25F3N4O2. The molecule has 1 aromatic heterocycles. The number of nitrogens with one attached hydrogen (secondary N) is 1. The molecule has 2 aromatic rings. The number of aromatic nitrogens is 1. The lowest BCUT2D eigenvalue weighted by Gasteiger charge is -2.34. The third-order valence-electron chi connectivity index (χ3n) is 5.34. The zero-order valence-corrected chi connectivity index (χ0v) is 17.4. The Morgan fingerprint density at radius 2 is 2.03 bits per heavy atom. The molecule has 0 saturated carbocycles. The number of alkyl halides is 3. The van der Waals surface area contributed by atoms with E-state index in [1.807, 2.05) is 6.07 Å². The molecule has 2 atom stereocenters. The normalized spacial score (nSPS) is 17.6. The van der Waals surface area contributed by atoms with Crippen molar-refractivity contribution in [1.29, 1.82) is 0 Å². The number of rotatable bonds is 6. The van der Waals surface area contributed by atoms with Crippen LogP contribution in [0.3, 0.4) is 0 Å². The number of halogens is 3. The maximum atomic E-state index is 12.7. The molecule has 31 heavy (non-hydrogen) atoms. The topological polar surface area (TPSA) is 88.3 Å². The SMILES string of the molecule is CC(CN1Cc2cc(C(=O)Nc3cncc(CC(F)(F)F)c3)ccc2[C@@H](C)C1)C(N)=O. The summed E-state index contributed by atoms with van der Waals surface area (Å²) >= 11 is 0. The Balaban J connectivity index is 1.74. The second kappa shape index (κ2) is 9.05. The Labute approximate surface area is 178 Å². The first-order valence-corrected chi connectivity index (χ1v) is 9.98. The maximum Gasteiger partial charge on any atom is 0.393 e. The highest BCUT2D eigenvalue weighted by Crippen LogP contribution is 2.29. The summed E-state index contributed by atoms with van der Waals surface area (Å²) < 4.78 is 37.8. The Kier molecular flexibility index (Phi) is 6.64. The zero-order valence-electron chi connectivity index (χ0n) is 17.4. The molecule has 2 heterocycles. The standard InChI is InChI=1S/C22H25F3N4O2/c1-13-10-29(11-14(2)20(26)30)12-17-6-16(3-4-19(13)17)21(31)28-18-5-15(8-27-9-18)7-22(23,24)25/h3-6,8-9,13-14H,7,10-12H2,1-2H3,(H2,26,30)(H,28,31)/t13-,14?/m0/s1. The van der Waals surface area contributed by atoms with Crippen LogP contribution in [-0.2, 0) is 17.8 Å². The van der Waals surface area contributed by atoms with Gasteiger partial charge in [-0.1, -0.05) is 19.9 Å². The van der Waals surface area contributed by atoms with Crippen LogP contribution in [0.1, 0.15) is 46.8 Å². The van der Waals surface area contributed by atoms with Crippen molar-refractivity contribution in [2.24, 2.45) is 11.7 Å². The van der Waals surface area contributed by atoms with E-state index in [2.05, 4.69) is 22.1 Å². The number of carbonyl (C=O) groups is 2. The van der Waals surface area contributed by atoms with Gasteiger partial charge in [-0.3, -0.25) is 19.5 Å². The summed E-state index contributed by atoms with van der Waals surface area (Å²) in [6.07, 6.45) is -3.02. The zero-order chi connectivity index (χ0) is 22.8. The molecule has 3 N–H and O–H groups in total. The lowest BCUT2D eigenvalue weighted by Crippen LogP contribution is -2.39. The predicted molar refractivity (Wildman–Crippen MR) is 110 cm³/mol. The molecule has 3 rings (SSSR count). The minimum atomic E-state index is -4.35. The number of carbonyl (C=O) groups excluding carboxylic acids is 2. The average Bonchev–Trinajstić information content (AvgIpc) is 2.66. The van der Waals surface area contributed by atoms with Crippen molar-refractivity contribution in [2.75, 3.05) is 18.4 Å². The Morgan fingerprint density at radius 1 is 1.29 bits per heavy atom. The van der Waals surface area contributed by atoms with Gasteiger partial charge in [-0.15, -0.1) is 0 Å². The van der Waals surface area contributed by atoms with E-state index in [0.717, 1.165) is 23.9 Å². The largest absolute Gasteiger partial charge is 0.393 e. The highest BCUT2D eigenvalue weighted by atomic mass is 19.4. The number of hydrogen-bond acceptors (Lipinski definition) is 4. The summed E-state index contributed by atoms with van der Waals surface area (Å²) in [6.45, 7) is 5.77. The van der Waals surface area contributed by atoms with Gasteiger partial charge in [0.2, 0.25) is 5.91 Å². The van der Waals surface area contributed by atoms with E-state index in [0.29, 0.717) is 18.7 Å². The van der Waals surface area contributed by atoms with Crippen molar-refractivity contribution < 1.29 is 22.8 Å². The molecule has 0 radical (unpaired) electrons. The van der Waals surface area contributed by atoms with Crippen LogP contribution in [0.15, 0.2) is 36.7 Å². The average molecular weight is 434 g/mol. The van der Waals surface area contributed by atoms with Crippen LogP contribution < -0.4 is 11.1 Å². The summed E-state index contributed by atoms with van der Waals surface area (Å²) in [7, 11) is 0. The lowest BCUT2D eigenvalue weighted by molar-refractivity contribution is -0.127. The second-order valence-electron chi connectivity index (χ2n) is 8.14. The van der Waals surface area contributed by atoms with Crippen LogP contribution in [0.25, 0.3) is 0 Å². The number of primary amides is 1. The van der Waals surface area contributed by atoms with Gasteiger partial charge in [0.15, 0.2) is 0 Å². The monoisotopic (exact) mass is 434 g/mol. The van der Waals surface area contributed by atoms with Crippen molar-refractivity contribution in [3.63, 3.8) is 0 Å². The number of nitrogens with zero attached hydrogens (tertiary/aromatic N) is 2. The fourth-order valence-electron chi connectivity index (χ4n) is 3.86. The van der Waals surface area contributed by atoms with E-state index in [1.54, 1.807) is 19.1 Å². The Bertz CT molecular complexity index is 977. The van der Waals surface area contributed by atoms with Crippen molar-refractivity contribution in [3.8, 4) is 0 Å². The van der Waals surface area contributed by atoms with Crippen molar-refractivity contribution in [1.82, 2.24) is 9.88 Å². The first-order valence-electron chi connectivity index (χ1n) is 9.98. The molecule has 1 aliphatic heterocycles. The number of fused-ring (bicyclic) bond motifs is 1. The van der Waals surface area contributed by atoms with Gasteiger partial charge in [-0.2, -0.15) is 13.2 Å². The van der Waals surface area contributed by atoms with Gasteiger partial charge in [-0.25, -0.2) is 0 Å². The third kappa shape index (κ3) is 6.04. The summed E-state index contributed by atoms with van der Waals surface area (Å²) in [5.74, 6) is -0.835. The summed E-state index contributed by atoms with van der Waals surface area (Å²) in [4.78, 5) is 30.0. The quantitative estimate of drug-likeness (QED) is 0.729. The molecule has 1 unspecified atom stereocenters. The molecule has 0 aliphatic carbocycles. The first-order chi connectivity index (χ1) is 14.5. The summed E-state index contributed by atoms with van der Waals surface area (Å²) in [6, 6.07) is 6.67. The number of nitrogens with two attached hydrogens (primary N) is 1. The van der Waals surface area contributed by atoms with Gasteiger partial charge in [0, 0.05) is 37.3 Å². The van der Waals surface area contributed by atoms with E-state index in [9.17, 15) is 22.8 Å². The minimum absolute atomic E-state index is 0.0243. The first kappa shape index (κ1) is 22.7. The number of hydrogen-bond donors (Lipinski definition) is 2. The van der Waals surface area contributed by atoms with Crippen LogP contribution in [0.2, 0.25) is 0 Å². The molecule has 0 bridgehead atoms. The van der Waals surface area contributed by atoms with Crippen molar-refractivity contribution in [3.05, 3.63) is 58.9 Å². The van der Waals surface area contributed by atoms with E-state index in [-0.39, 0.29) is 29.0 Å². The van der Waals surface area contributed by atoms with Crippen LogP contribution in [-0.4, -0.2) is 41.0 Å². The molecular weight excluding hydrogens is 409 g/mol. The second-order valence-corrected chi connectivity index (χ2v) is 8.14. The van der Waals surface area contributed by atoms with Gasteiger partial charge >= 0.3 is 6.18 Å². The van der Waals surface area contributed by atoms with Gasteiger partial charge in [-0.05, 0) is 40.8 Å². The third-order valence-corrected chi connectivity index (χ3v) is 5.34. The molecule has 0 saturated heterocycles. The van der Waals surface area contributed by atoms with Gasteiger partial charge in [0.25, 0.3) is 5.91 Å². The number of amides is 2. The highest BCUT2D eigenvalue weighted by molar-refractivity contribution is 6.04. The van der Waals surface area contributed by atoms with Gasteiger partial charge in [0.1, 0.15) is 0 Å².